The molecule has 4 heterocycles. The quantitative estimate of drug-likeness (QED) is 0.501. The van der Waals surface area contributed by atoms with Crippen LogP contribution in [0.4, 0.5) is 5.69 Å². The van der Waals surface area contributed by atoms with E-state index in [0.29, 0.717) is 49.6 Å². The minimum atomic E-state index is -0.990. The first-order chi connectivity index (χ1) is 13.0. The molecular weight excluding hydrogens is 352 g/mol. The molecule has 9 nitrogen and oxygen atoms in total. The molecule has 0 atom stereocenters. The highest BCUT2D eigenvalue weighted by Crippen LogP contribution is 2.26. The number of carbonyl (C=O) groups excluding carboxylic acids is 1. The van der Waals surface area contributed by atoms with Crippen LogP contribution in [0.1, 0.15) is 18.5 Å². The number of rotatable bonds is 5. The van der Waals surface area contributed by atoms with Gasteiger partial charge in [-0.25, -0.2) is 4.98 Å². The summed E-state index contributed by atoms with van der Waals surface area (Å²) in [7, 11) is 0. The fourth-order valence-electron chi connectivity index (χ4n) is 3.64. The van der Waals surface area contributed by atoms with E-state index in [-0.39, 0.29) is 5.69 Å². The third-order valence-corrected chi connectivity index (χ3v) is 5.11. The molecule has 3 aromatic rings. The van der Waals surface area contributed by atoms with E-state index in [9.17, 15) is 20.0 Å². The SMILES string of the molecule is O=C([O-])C1CC[NH+](Cc2c(-c3ccco3)nc3ccc([N+](=O)[O-])cn23)CC1. The van der Waals surface area contributed by atoms with E-state index in [4.69, 9.17) is 4.42 Å². The first-order valence-corrected chi connectivity index (χ1v) is 8.76. The molecule has 0 amide bonds. The highest BCUT2D eigenvalue weighted by atomic mass is 16.6. The van der Waals surface area contributed by atoms with Crippen LogP contribution in [-0.2, 0) is 11.3 Å². The van der Waals surface area contributed by atoms with Crippen molar-refractivity contribution in [2.75, 3.05) is 13.1 Å². The van der Waals surface area contributed by atoms with E-state index in [1.54, 1.807) is 28.9 Å². The van der Waals surface area contributed by atoms with Crippen molar-refractivity contribution in [3.63, 3.8) is 0 Å². The van der Waals surface area contributed by atoms with Gasteiger partial charge in [0.2, 0.25) is 0 Å². The number of fused-ring (bicyclic) bond motifs is 1. The highest BCUT2D eigenvalue weighted by Gasteiger charge is 2.27. The molecule has 0 radical (unpaired) electrons. The summed E-state index contributed by atoms with van der Waals surface area (Å²) in [5.74, 6) is -0.794. The van der Waals surface area contributed by atoms with Crippen LogP contribution in [0.15, 0.2) is 41.1 Å². The van der Waals surface area contributed by atoms with E-state index in [2.05, 4.69) is 4.98 Å². The molecule has 27 heavy (non-hydrogen) atoms. The van der Waals surface area contributed by atoms with Gasteiger partial charge >= 0.3 is 0 Å². The number of aliphatic carboxylic acids is 1. The number of nitrogens with zero attached hydrogens (tertiary/aromatic N) is 3. The lowest BCUT2D eigenvalue weighted by atomic mass is 9.97. The fourth-order valence-corrected chi connectivity index (χ4v) is 3.64. The zero-order valence-corrected chi connectivity index (χ0v) is 14.5. The summed E-state index contributed by atoms with van der Waals surface area (Å²) in [6, 6.07) is 6.61. The minimum Gasteiger partial charge on any atom is -0.550 e. The summed E-state index contributed by atoms with van der Waals surface area (Å²) < 4.78 is 7.23. The molecule has 0 saturated carbocycles. The zero-order chi connectivity index (χ0) is 19.0. The van der Waals surface area contributed by atoms with Crippen molar-refractivity contribution in [3.05, 3.63) is 52.5 Å². The average molecular weight is 370 g/mol. The van der Waals surface area contributed by atoms with E-state index in [0.717, 1.165) is 5.69 Å². The number of likely N-dealkylation sites (tertiary alicyclic amines) is 1. The predicted molar refractivity (Wildman–Crippen MR) is 91.7 cm³/mol. The lowest BCUT2D eigenvalue weighted by Crippen LogP contribution is -3.12. The summed E-state index contributed by atoms with van der Waals surface area (Å²) >= 11 is 0. The van der Waals surface area contributed by atoms with Gasteiger partial charge < -0.3 is 19.2 Å². The third kappa shape index (κ3) is 3.28. The minimum absolute atomic E-state index is 0.0159. The number of nitrogens with one attached hydrogen (secondary N) is 1. The predicted octanol–water partition coefficient (Wildman–Crippen LogP) is 0.0473. The van der Waals surface area contributed by atoms with Gasteiger partial charge in [0.1, 0.15) is 23.6 Å². The van der Waals surface area contributed by atoms with Gasteiger partial charge in [-0.05, 0) is 18.2 Å². The molecule has 0 unspecified atom stereocenters. The summed E-state index contributed by atoms with van der Waals surface area (Å²) in [6.45, 7) is 1.95. The van der Waals surface area contributed by atoms with E-state index in [1.807, 2.05) is 0 Å². The molecule has 0 bridgehead atoms. The Balaban J connectivity index is 1.71. The van der Waals surface area contributed by atoms with E-state index in [1.165, 1.54) is 17.2 Å². The number of imidazole rings is 1. The standard InChI is InChI=1S/C18H18N4O5/c23-18(24)12-5-7-20(8-6-12)11-14-17(15-2-1-9-27-15)19-16-4-3-13(22(25)26)10-21(14)16/h1-4,9-10,12H,5-8,11H2,(H,23,24). The second kappa shape index (κ2) is 6.84. The number of quaternary nitrogens is 1. The van der Waals surface area contributed by atoms with Gasteiger partial charge in [-0.2, -0.15) is 0 Å². The normalized spacial score (nSPS) is 20.0. The van der Waals surface area contributed by atoms with Crippen LogP contribution >= 0.6 is 0 Å². The Hall–Kier alpha value is -3.20. The Kier molecular flexibility index (Phi) is 4.36. The van der Waals surface area contributed by atoms with Crippen LogP contribution in [0.25, 0.3) is 17.1 Å². The molecule has 1 fully saturated rings. The molecule has 1 aliphatic heterocycles. The van der Waals surface area contributed by atoms with Crippen molar-refractivity contribution in [1.82, 2.24) is 9.38 Å². The maximum absolute atomic E-state index is 11.2. The number of nitro groups is 1. The highest BCUT2D eigenvalue weighted by molar-refractivity contribution is 5.67. The summed E-state index contributed by atoms with van der Waals surface area (Å²) in [6.07, 6.45) is 4.15. The van der Waals surface area contributed by atoms with Gasteiger partial charge in [-0.1, -0.05) is 0 Å². The zero-order valence-electron chi connectivity index (χ0n) is 14.5. The Labute approximate surface area is 154 Å². The topological polar surface area (TPSA) is 118 Å². The van der Waals surface area contributed by atoms with Crippen LogP contribution in [0.2, 0.25) is 0 Å². The summed E-state index contributed by atoms with van der Waals surface area (Å²) in [4.78, 5) is 27.6. The molecule has 1 N–H and O–H groups in total. The van der Waals surface area contributed by atoms with Crippen LogP contribution in [0.5, 0.6) is 0 Å². The Morgan fingerprint density at radius 1 is 1.33 bits per heavy atom. The molecule has 140 valence electrons. The van der Waals surface area contributed by atoms with Crippen molar-refractivity contribution in [1.29, 1.82) is 0 Å². The largest absolute Gasteiger partial charge is 0.550 e. The summed E-state index contributed by atoms with van der Waals surface area (Å²) in [5, 5.41) is 22.2. The number of carboxylic acid groups (broad SMARTS) is 1. The number of piperidine rings is 1. The van der Waals surface area contributed by atoms with Gasteiger partial charge in [0, 0.05) is 30.8 Å². The molecule has 4 rings (SSSR count). The van der Waals surface area contributed by atoms with Gasteiger partial charge in [-0.15, -0.1) is 0 Å². The average Bonchev–Trinajstić information content (AvgIpc) is 3.30. The number of pyridine rings is 1. The van der Waals surface area contributed by atoms with Crippen molar-refractivity contribution in [2.24, 2.45) is 5.92 Å². The number of furan rings is 1. The van der Waals surface area contributed by atoms with Gasteiger partial charge in [-0.3, -0.25) is 14.5 Å². The van der Waals surface area contributed by atoms with Gasteiger partial charge in [0.05, 0.1) is 30.5 Å². The summed E-state index contributed by atoms with van der Waals surface area (Å²) in [5.41, 5.74) is 2.05. The number of carboxylic acids is 1. The van der Waals surface area contributed by atoms with Gasteiger partial charge in [0.25, 0.3) is 5.69 Å². The molecule has 0 aromatic carbocycles. The molecule has 1 saturated heterocycles. The van der Waals surface area contributed by atoms with Crippen molar-refractivity contribution >= 4 is 17.3 Å². The van der Waals surface area contributed by atoms with Crippen LogP contribution in [-0.4, -0.2) is 33.4 Å². The van der Waals surface area contributed by atoms with E-state index >= 15 is 0 Å². The molecule has 1 aliphatic rings. The number of aromatic nitrogens is 2. The Morgan fingerprint density at radius 3 is 2.74 bits per heavy atom. The van der Waals surface area contributed by atoms with Gasteiger partial charge in [0.15, 0.2) is 5.76 Å². The molecular formula is C18H18N4O5. The number of carbonyl (C=O) groups is 1. The molecule has 9 heteroatoms. The smallest absolute Gasteiger partial charge is 0.286 e. The van der Waals surface area contributed by atoms with Crippen molar-refractivity contribution in [3.8, 4) is 11.5 Å². The molecule has 3 aromatic heterocycles. The van der Waals surface area contributed by atoms with Crippen molar-refractivity contribution < 1.29 is 24.1 Å². The monoisotopic (exact) mass is 370 g/mol. The van der Waals surface area contributed by atoms with Crippen LogP contribution in [0.3, 0.4) is 0 Å². The number of hydrogen-bond acceptors (Lipinski definition) is 6. The second-order valence-electron chi connectivity index (χ2n) is 6.78. The van der Waals surface area contributed by atoms with E-state index < -0.39 is 16.8 Å². The Bertz CT molecular complexity index is 987. The van der Waals surface area contributed by atoms with Crippen LogP contribution in [0, 0.1) is 16.0 Å². The second-order valence-corrected chi connectivity index (χ2v) is 6.78. The maximum atomic E-state index is 11.2. The van der Waals surface area contributed by atoms with Crippen molar-refractivity contribution in [2.45, 2.75) is 19.4 Å². The fraction of sp³-hybridized carbons (Fsp3) is 0.333. The lowest BCUT2D eigenvalue weighted by molar-refractivity contribution is -0.919. The molecule has 0 aliphatic carbocycles. The maximum Gasteiger partial charge on any atom is 0.286 e. The third-order valence-electron chi connectivity index (χ3n) is 5.11. The number of hydrogen-bond donors (Lipinski definition) is 1. The first kappa shape index (κ1) is 17.2. The van der Waals surface area contributed by atoms with Crippen LogP contribution < -0.4 is 10.0 Å². The Morgan fingerprint density at radius 2 is 2.11 bits per heavy atom. The first-order valence-electron chi connectivity index (χ1n) is 8.76. The molecule has 0 spiro atoms. The lowest BCUT2D eigenvalue weighted by Gasteiger charge is -2.29.